The van der Waals surface area contributed by atoms with E-state index in [4.69, 9.17) is 15.3 Å². The molecule has 6 heteroatoms. The average Bonchev–Trinajstić information content (AvgIpc) is 2.56. The largest absolute Gasteiger partial charge is 0.491 e. The first-order valence-electron chi connectivity index (χ1n) is 7.67. The van der Waals surface area contributed by atoms with Gasteiger partial charge in [0, 0.05) is 25.8 Å². The van der Waals surface area contributed by atoms with Crippen LogP contribution in [0.15, 0.2) is 24.3 Å². The quantitative estimate of drug-likeness (QED) is 0.339. The molecule has 0 spiro atoms. The number of para-hydroxylation sites is 1. The third-order valence-electron chi connectivity index (χ3n) is 3.93. The number of nitrogens with zero attached hydrogens (tertiary/aromatic N) is 1. The van der Waals surface area contributed by atoms with E-state index in [0.29, 0.717) is 13.2 Å². The van der Waals surface area contributed by atoms with Crippen LogP contribution >= 0.6 is 0 Å². The van der Waals surface area contributed by atoms with E-state index < -0.39 is 0 Å². The third kappa shape index (κ3) is 4.69. The summed E-state index contributed by atoms with van der Waals surface area (Å²) in [5.41, 5.74) is 3.39. The minimum atomic E-state index is -0.0747. The average molecular weight is 307 g/mol. The Kier molecular flexibility index (Phi) is 6.64. The zero-order chi connectivity index (χ0) is 15.8. The van der Waals surface area contributed by atoms with E-state index in [1.165, 1.54) is 0 Å². The molecule has 122 valence electrons. The van der Waals surface area contributed by atoms with Gasteiger partial charge < -0.3 is 9.47 Å². The van der Waals surface area contributed by atoms with Crippen LogP contribution < -0.4 is 16.0 Å². The number of hydrogen-bond donors (Lipinski definition) is 2. The Bertz CT molecular complexity index is 481. The number of ether oxygens (including phenoxy) is 2. The van der Waals surface area contributed by atoms with Crippen molar-refractivity contribution in [3.63, 3.8) is 0 Å². The molecule has 2 rings (SSSR count). The molecule has 1 unspecified atom stereocenters. The molecule has 0 radical (unpaired) electrons. The highest BCUT2D eigenvalue weighted by molar-refractivity contribution is 5.78. The maximum absolute atomic E-state index is 11.7. The number of piperidine rings is 1. The monoisotopic (exact) mass is 307 g/mol. The van der Waals surface area contributed by atoms with Crippen LogP contribution in [-0.2, 0) is 16.1 Å². The van der Waals surface area contributed by atoms with Gasteiger partial charge in [0.15, 0.2) is 0 Å². The molecule has 1 aromatic carbocycles. The van der Waals surface area contributed by atoms with Crippen molar-refractivity contribution >= 4 is 5.91 Å². The predicted octanol–water partition coefficient (Wildman–Crippen LogP) is 0.914. The summed E-state index contributed by atoms with van der Waals surface area (Å²) >= 11 is 0. The number of nitrogens with two attached hydrogens (primary N) is 1. The van der Waals surface area contributed by atoms with E-state index in [-0.39, 0.29) is 11.8 Å². The van der Waals surface area contributed by atoms with Crippen LogP contribution in [0.25, 0.3) is 0 Å². The lowest BCUT2D eigenvalue weighted by Crippen LogP contribution is -2.44. The summed E-state index contributed by atoms with van der Waals surface area (Å²) in [5, 5.41) is 0. The summed E-state index contributed by atoms with van der Waals surface area (Å²) in [6.07, 6.45) is 1.90. The van der Waals surface area contributed by atoms with Gasteiger partial charge in [0.05, 0.1) is 12.5 Å². The normalized spacial score (nSPS) is 18.9. The molecule has 1 fully saturated rings. The summed E-state index contributed by atoms with van der Waals surface area (Å²) in [7, 11) is 1.66. The van der Waals surface area contributed by atoms with Gasteiger partial charge >= 0.3 is 0 Å². The van der Waals surface area contributed by atoms with Gasteiger partial charge in [-0.2, -0.15) is 0 Å². The van der Waals surface area contributed by atoms with Crippen molar-refractivity contribution in [3.8, 4) is 5.75 Å². The van der Waals surface area contributed by atoms with Crippen molar-refractivity contribution in [2.45, 2.75) is 19.4 Å². The Morgan fingerprint density at radius 3 is 3.00 bits per heavy atom. The van der Waals surface area contributed by atoms with Gasteiger partial charge in [-0.3, -0.25) is 15.1 Å². The number of hydrazine groups is 1. The molecule has 0 saturated carbocycles. The van der Waals surface area contributed by atoms with E-state index in [1.807, 2.05) is 18.2 Å². The smallest absolute Gasteiger partial charge is 0.238 e. The number of carbonyl (C=O) groups excluding carboxylic acids is 1. The van der Waals surface area contributed by atoms with Gasteiger partial charge in [0.1, 0.15) is 12.4 Å². The molecule has 1 aliphatic rings. The third-order valence-corrected chi connectivity index (χ3v) is 3.93. The first kappa shape index (κ1) is 16.7. The second kappa shape index (κ2) is 8.73. The van der Waals surface area contributed by atoms with Gasteiger partial charge in [-0.1, -0.05) is 18.2 Å². The number of nitrogens with one attached hydrogen (secondary N) is 1. The number of likely N-dealkylation sites (tertiary alicyclic amines) is 1. The van der Waals surface area contributed by atoms with Crippen molar-refractivity contribution in [2.24, 2.45) is 11.8 Å². The van der Waals surface area contributed by atoms with Gasteiger partial charge in [-0.25, -0.2) is 5.84 Å². The number of carbonyl (C=O) groups is 1. The van der Waals surface area contributed by atoms with E-state index >= 15 is 0 Å². The molecule has 0 aliphatic carbocycles. The van der Waals surface area contributed by atoms with Crippen molar-refractivity contribution in [1.29, 1.82) is 0 Å². The molecular weight excluding hydrogens is 282 g/mol. The molecule has 0 bridgehead atoms. The first-order valence-corrected chi connectivity index (χ1v) is 7.67. The van der Waals surface area contributed by atoms with Crippen molar-refractivity contribution < 1.29 is 14.3 Å². The summed E-state index contributed by atoms with van der Waals surface area (Å²) in [5.74, 6) is 6.02. The fourth-order valence-electron chi connectivity index (χ4n) is 2.78. The van der Waals surface area contributed by atoms with Crippen LogP contribution in [0.3, 0.4) is 0 Å². The zero-order valence-electron chi connectivity index (χ0n) is 13.1. The molecule has 6 nitrogen and oxygen atoms in total. The first-order chi connectivity index (χ1) is 10.7. The number of rotatable bonds is 7. The zero-order valence-corrected chi connectivity index (χ0v) is 13.1. The van der Waals surface area contributed by atoms with Gasteiger partial charge in [0.25, 0.3) is 0 Å². The fourth-order valence-corrected chi connectivity index (χ4v) is 2.78. The summed E-state index contributed by atoms with van der Waals surface area (Å²) in [4.78, 5) is 14.0. The van der Waals surface area contributed by atoms with Gasteiger partial charge in [0.2, 0.25) is 5.91 Å². The lowest BCUT2D eigenvalue weighted by molar-refractivity contribution is -0.126. The standard InChI is InChI=1S/C16H25N3O3/c1-21-9-10-22-15-7-3-2-5-13(15)11-19-8-4-6-14(12-19)16(20)18-17/h2-3,5,7,14H,4,6,8-12,17H2,1H3,(H,18,20). The second-order valence-corrected chi connectivity index (χ2v) is 5.53. The molecule has 22 heavy (non-hydrogen) atoms. The Balaban J connectivity index is 1.96. The van der Waals surface area contributed by atoms with Crippen LogP contribution in [0.5, 0.6) is 5.75 Å². The van der Waals surface area contributed by atoms with Crippen LogP contribution in [0.1, 0.15) is 18.4 Å². The van der Waals surface area contributed by atoms with E-state index in [1.54, 1.807) is 7.11 Å². The molecule has 1 atom stereocenters. The molecule has 0 aromatic heterocycles. The Morgan fingerprint density at radius 2 is 2.23 bits per heavy atom. The SMILES string of the molecule is COCCOc1ccccc1CN1CCCC(C(=O)NN)C1. The van der Waals surface area contributed by atoms with Crippen molar-refractivity contribution in [2.75, 3.05) is 33.4 Å². The minimum absolute atomic E-state index is 0.0275. The second-order valence-electron chi connectivity index (χ2n) is 5.53. The van der Waals surface area contributed by atoms with Crippen LogP contribution in [0.4, 0.5) is 0 Å². The molecule has 1 amide bonds. The molecular formula is C16H25N3O3. The van der Waals surface area contributed by atoms with Crippen molar-refractivity contribution in [1.82, 2.24) is 10.3 Å². The van der Waals surface area contributed by atoms with Crippen LogP contribution in [-0.4, -0.2) is 44.2 Å². The highest BCUT2D eigenvalue weighted by Gasteiger charge is 2.25. The Labute approximate surface area is 131 Å². The molecule has 1 saturated heterocycles. The molecule has 1 aromatic rings. The Morgan fingerprint density at radius 1 is 1.41 bits per heavy atom. The van der Waals surface area contributed by atoms with E-state index in [2.05, 4.69) is 16.4 Å². The highest BCUT2D eigenvalue weighted by atomic mass is 16.5. The summed E-state index contributed by atoms with van der Waals surface area (Å²) < 4.78 is 10.8. The summed E-state index contributed by atoms with van der Waals surface area (Å²) in [6, 6.07) is 8.01. The number of methoxy groups -OCH3 is 1. The molecule has 3 N–H and O–H groups in total. The van der Waals surface area contributed by atoms with Crippen LogP contribution in [0, 0.1) is 5.92 Å². The lowest BCUT2D eigenvalue weighted by atomic mass is 9.97. The number of hydrogen-bond acceptors (Lipinski definition) is 5. The minimum Gasteiger partial charge on any atom is -0.491 e. The maximum atomic E-state index is 11.7. The Hall–Kier alpha value is -1.63. The number of amides is 1. The predicted molar refractivity (Wildman–Crippen MR) is 84.1 cm³/mol. The van der Waals surface area contributed by atoms with E-state index in [0.717, 1.165) is 43.8 Å². The topological polar surface area (TPSA) is 76.8 Å². The summed E-state index contributed by atoms with van der Waals surface area (Å²) in [6.45, 7) is 3.59. The maximum Gasteiger partial charge on any atom is 0.238 e. The van der Waals surface area contributed by atoms with Crippen LogP contribution in [0.2, 0.25) is 0 Å². The number of benzene rings is 1. The highest BCUT2D eigenvalue weighted by Crippen LogP contribution is 2.23. The van der Waals surface area contributed by atoms with Crippen molar-refractivity contribution in [3.05, 3.63) is 29.8 Å². The fraction of sp³-hybridized carbons (Fsp3) is 0.562. The van der Waals surface area contributed by atoms with E-state index in [9.17, 15) is 4.79 Å². The lowest BCUT2D eigenvalue weighted by Gasteiger charge is -2.32. The molecule has 1 aliphatic heterocycles. The van der Waals surface area contributed by atoms with Gasteiger partial charge in [-0.15, -0.1) is 0 Å². The van der Waals surface area contributed by atoms with Gasteiger partial charge in [-0.05, 0) is 25.5 Å². The molecule has 1 heterocycles.